The second-order valence-corrected chi connectivity index (χ2v) is 14.3. The van der Waals surface area contributed by atoms with Crippen molar-refractivity contribution >= 4 is 59.9 Å². The maximum Gasteiger partial charge on any atom is 0.187 e. The predicted molar refractivity (Wildman–Crippen MR) is 233 cm³/mol. The van der Waals surface area contributed by atoms with Crippen molar-refractivity contribution in [3.63, 3.8) is 0 Å². The zero-order valence-electron chi connectivity index (χ0n) is 30.5. The molecule has 0 unspecified atom stereocenters. The lowest BCUT2D eigenvalue weighted by Gasteiger charge is -2.12. The van der Waals surface area contributed by atoms with Gasteiger partial charge in [0.15, 0.2) is 23.2 Å². The summed E-state index contributed by atoms with van der Waals surface area (Å²) in [5.74, 6) is 1.67. The van der Waals surface area contributed by atoms with E-state index in [4.69, 9.17) is 25.9 Å². The number of furan rings is 1. The first kappa shape index (κ1) is 32.5. The molecular formula is C52H30N4O. The van der Waals surface area contributed by atoms with Gasteiger partial charge in [-0.05, 0) is 67.4 Å². The molecule has 0 amide bonds. The van der Waals surface area contributed by atoms with E-state index >= 15 is 0 Å². The topological polar surface area (TPSA) is 56.2 Å². The van der Waals surface area contributed by atoms with Crippen molar-refractivity contribution in [2.45, 2.75) is 0 Å². The summed E-state index contributed by atoms with van der Waals surface area (Å²) in [6.07, 6.45) is 0. The fraction of sp³-hybridized carbons (Fsp3) is 0. The summed E-state index contributed by atoms with van der Waals surface area (Å²) in [6.45, 7) is 7.49. The first-order valence-electron chi connectivity index (χ1n) is 18.9. The van der Waals surface area contributed by atoms with Gasteiger partial charge < -0.3 is 4.42 Å². The van der Waals surface area contributed by atoms with Crippen LogP contribution in [0.25, 0.3) is 116 Å². The molecule has 2 aromatic heterocycles. The molecule has 0 aliphatic heterocycles. The Morgan fingerprint density at radius 2 is 0.982 bits per heavy atom. The van der Waals surface area contributed by atoms with E-state index in [9.17, 15) is 0 Å². The van der Waals surface area contributed by atoms with Crippen molar-refractivity contribution in [2.75, 3.05) is 0 Å². The fourth-order valence-electron chi connectivity index (χ4n) is 8.14. The molecule has 0 atom stereocenters. The molecule has 264 valence electrons. The van der Waals surface area contributed by atoms with E-state index in [-0.39, 0.29) is 0 Å². The number of aromatic nitrogens is 3. The SMILES string of the molecule is [C-]#[N+]c1ccc(-c2nc(-c3cccc4ccccc34)nc(-c3cc4c(oc5cccc(-c6ccc(-c7ccc8ccccc8c7)cc6)c54)c4ccccc34)n2)cc1. The van der Waals surface area contributed by atoms with Crippen LogP contribution in [0.4, 0.5) is 5.69 Å². The molecule has 0 saturated carbocycles. The van der Waals surface area contributed by atoms with Crippen LogP contribution < -0.4 is 0 Å². The molecule has 0 aliphatic rings. The summed E-state index contributed by atoms with van der Waals surface area (Å²) in [4.78, 5) is 19.1. The summed E-state index contributed by atoms with van der Waals surface area (Å²) >= 11 is 0. The fourth-order valence-corrected chi connectivity index (χ4v) is 8.14. The van der Waals surface area contributed by atoms with Crippen LogP contribution >= 0.6 is 0 Å². The first-order chi connectivity index (χ1) is 28.2. The highest BCUT2D eigenvalue weighted by Crippen LogP contribution is 2.43. The van der Waals surface area contributed by atoms with Gasteiger partial charge in [-0.15, -0.1) is 0 Å². The quantitative estimate of drug-likeness (QED) is 0.166. The standard InChI is InChI=1S/C52H30N4O/c1-53-39-28-26-36(27-29-39)50-54-51(44-18-8-13-34-11-4-5-14-40(34)44)56-52(55-50)45-31-46-48-41(17-9-19-47(48)57-49(46)43-16-7-6-15-42(43)45)35-23-20-33(21-24-35)38-25-22-32-10-2-3-12-37(32)30-38/h2-31H. The Labute approximate surface area is 328 Å². The number of hydrogen-bond donors (Lipinski definition) is 0. The van der Waals surface area contributed by atoms with Crippen LogP contribution in [0.2, 0.25) is 0 Å². The van der Waals surface area contributed by atoms with Crippen molar-refractivity contribution in [1.29, 1.82) is 0 Å². The van der Waals surface area contributed by atoms with Crippen molar-refractivity contribution in [2.24, 2.45) is 0 Å². The van der Waals surface area contributed by atoms with Gasteiger partial charge in [-0.25, -0.2) is 19.8 Å². The summed E-state index contributed by atoms with van der Waals surface area (Å²) in [5.41, 5.74) is 9.35. The van der Waals surface area contributed by atoms with Crippen LogP contribution in [0.15, 0.2) is 186 Å². The van der Waals surface area contributed by atoms with Gasteiger partial charge in [0, 0.05) is 32.8 Å². The zero-order valence-corrected chi connectivity index (χ0v) is 30.5. The molecule has 9 aromatic carbocycles. The van der Waals surface area contributed by atoms with E-state index in [1.165, 1.54) is 21.9 Å². The van der Waals surface area contributed by atoms with Gasteiger partial charge in [0.05, 0.1) is 6.57 Å². The molecule has 5 heteroatoms. The van der Waals surface area contributed by atoms with Gasteiger partial charge in [0.1, 0.15) is 11.2 Å². The molecule has 0 aliphatic carbocycles. The van der Waals surface area contributed by atoms with Gasteiger partial charge in [0.2, 0.25) is 0 Å². The third-order valence-electron chi connectivity index (χ3n) is 10.9. The van der Waals surface area contributed by atoms with Gasteiger partial charge in [-0.1, -0.05) is 164 Å². The summed E-state index contributed by atoms with van der Waals surface area (Å²) in [6, 6.07) is 62.6. The van der Waals surface area contributed by atoms with Crippen LogP contribution in [-0.4, -0.2) is 15.0 Å². The Bertz CT molecular complexity index is 3410. The molecule has 2 heterocycles. The van der Waals surface area contributed by atoms with Crippen molar-refractivity contribution in [1.82, 2.24) is 15.0 Å². The second-order valence-electron chi connectivity index (χ2n) is 14.3. The lowest BCUT2D eigenvalue weighted by Crippen LogP contribution is -2.01. The summed E-state index contributed by atoms with van der Waals surface area (Å²) in [7, 11) is 0. The minimum atomic E-state index is 0.535. The molecular weight excluding hydrogens is 697 g/mol. The molecule has 11 rings (SSSR count). The highest BCUT2D eigenvalue weighted by molar-refractivity contribution is 6.22. The predicted octanol–water partition coefficient (Wildman–Crippen LogP) is 14.1. The minimum absolute atomic E-state index is 0.535. The lowest BCUT2D eigenvalue weighted by molar-refractivity contribution is 0.673. The average molecular weight is 727 g/mol. The Balaban J connectivity index is 1.12. The number of fused-ring (bicyclic) bond motifs is 7. The van der Waals surface area contributed by atoms with Crippen LogP contribution in [-0.2, 0) is 0 Å². The molecule has 57 heavy (non-hydrogen) atoms. The Morgan fingerprint density at radius 3 is 1.79 bits per heavy atom. The third-order valence-corrected chi connectivity index (χ3v) is 10.9. The molecule has 0 saturated heterocycles. The second kappa shape index (κ2) is 13.1. The Kier molecular flexibility index (Phi) is 7.48. The molecule has 0 fully saturated rings. The lowest BCUT2D eigenvalue weighted by atomic mass is 9.94. The van der Waals surface area contributed by atoms with E-state index in [1.807, 2.05) is 48.5 Å². The van der Waals surface area contributed by atoms with Crippen molar-refractivity contribution in [3.8, 4) is 56.4 Å². The summed E-state index contributed by atoms with van der Waals surface area (Å²) < 4.78 is 6.73. The van der Waals surface area contributed by atoms with E-state index in [1.54, 1.807) is 12.1 Å². The van der Waals surface area contributed by atoms with Crippen molar-refractivity contribution in [3.05, 3.63) is 193 Å². The normalized spacial score (nSPS) is 11.5. The summed E-state index contributed by atoms with van der Waals surface area (Å²) in [5, 5.41) is 8.61. The van der Waals surface area contributed by atoms with Crippen LogP contribution in [0.5, 0.6) is 0 Å². The Morgan fingerprint density at radius 1 is 0.386 bits per heavy atom. The molecule has 5 nitrogen and oxygen atoms in total. The molecule has 0 spiro atoms. The van der Waals surface area contributed by atoms with E-state index in [2.05, 4.69) is 126 Å². The molecule has 0 radical (unpaired) electrons. The monoisotopic (exact) mass is 726 g/mol. The minimum Gasteiger partial charge on any atom is -0.455 e. The number of benzene rings is 9. The van der Waals surface area contributed by atoms with E-state index < -0.39 is 0 Å². The largest absolute Gasteiger partial charge is 0.455 e. The number of nitrogens with zero attached hydrogens (tertiary/aromatic N) is 4. The van der Waals surface area contributed by atoms with Crippen LogP contribution in [0.3, 0.4) is 0 Å². The Hall–Kier alpha value is -7.94. The van der Waals surface area contributed by atoms with Gasteiger partial charge >= 0.3 is 0 Å². The number of hydrogen-bond acceptors (Lipinski definition) is 4. The van der Waals surface area contributed by atoms with E-state index in [0.717, 1.165) is 71.3 Å². The zero-order chi connectivity index (χ0) is 37.9. The maximum absolute atomic E-state index is 7.49. The van der Waals surface area contributed by atoms with Gasteiger partial charge in [0.25, 0.3) is 0 Å². The van der Waals surface area contributed by atoms with Gasteiger partial charge in [-0.2, -0.15) is 0 Å². The van der Waals surface area contributed by atoms with Crippen molar-refractivity contribution < 1.29 is 4.42 Å². The highest BCUT2D eigenvalue weighted by atomic mass is 16.3. The highest BCUT2D eigenvalue weighted by Gasteiger charge is 2.21. The average Bonchev–Trinajstić information content (AvgIpc) is 3.67. The number of rotatable bonds is 5. The van der Waals surface area contributed by atoms with E-state index in [0.29, 0.717) is 23.2 Å². The molecule has 0 N–H and O–H groups in total. The van der Waals surface area contributed by atoms with Crippen LogP contribution in [0, 0.1) is 6.57 Å². The van der Waals surface area contributed by atoms with Crippen LogP contribution in [0.1, 0.15) is 0 Å². The molecule has 0 bridgehead atoms. The maximum atomic E-state index is 7.49. The smallest absolute Gasteiger partial charge is 0.187 e. The van der Waals surface area contributed by atoms with Gasteiger partial charge in [-0.3, -0.25) is 0 Å². The first-order valence-corrected chi connectivity index (χ1v) is 18.9. The molecule has 11 aromatic rings. The third kappa shape index (κ3) is 5.51.